The molecule has 0 saturated heterocycles. The Morgan fingerprint density at radius 2 is 1.86 bits per heavy atom. The third-order valence-corrected chi connectivity index (χ3v) is 5.79. The summed E-state index contributed by atoms with van der Waals surface area (Å²) in [6.45, 7) is 6.88. The molecule has 0 bridgehead atoms. The van der Waals surface area contributed by atoms with Gasteiger partial charge in [-0.05, 0) is 42.7 Å². The van der Waals surface area contributed by atoms with Crippen molar-refractivity contribution in [3.63, 3.8) is 0 Å². The summed E-state index contributed by atoms with van der Waals surface area (Å²) in [7, 11) is 0. The van der Waals surface area contributed by atoms with Gasteiger partial charge in [-0.25, -0.2) is 0 Å². The van der Waals surface area contributed by atoms with Gasteiger partial charge >= 0.3 is 0 Å². The molecular formula is C16H24N2O2S. The minimum atomic E-state index is -0.365. The predicted octanol–water partition coefficient (Wildman–Crippen LogP) is 4.23. The Bertz CT molecular complexity index is 496. The smallest absolute Gasteiger partial charge is 0.269 e. The largest absolute Gasteiger partial charge is 0.327 e. The molecule has 1 aliphatic carbocycles. The van der Waals surface area contributed by atoms with Crippen LogP contribution in [0.1, 0.15) is 40.0 Å². The van der Waals surface area contributed by atoms with Crippen molar-refractivity contribution in [1.29, 1.82) is 0 Å². The Hall–Kier alpha value is -1.07. The van der Waals surface area contributed by atoms with E-state index in [4.69, 9.17) is 5.73 Å². The number of benzene rings is 1. The molecule has 0 heterocycles. The van der Waals surface area contributed by atoms with E-state index in [9.17, 15) is 10.1 Å². The molecule has 0 radical (unpaired) electrons. The summed E-state index contributed by atoms with van der Waals surface area (Å²) < 4.78 is 0. The van der Waals surface area contributed by atoms with E-state index in [-0.39, 0.29) is 16.7 Å². The minimum Gasteiger partial charge on any atom is -0.327 e. The van der Waals surface area contributed by atoms with Gasteiger partial charge in [-0.3, -0.25) is 10.1 Å². The van der Waals surface area contributed by atoms with Crippen LogP contribution in [0.3, 0.4) is 0 Å². The molecule has 0 spiro atoms. The molecule has 4 nitrogen and oxygen atoms in total. The summed E-state index contributed by atoms with van der Waals surface area (Å²) in [5.41, 5.74) is 6.73. The number of rotatable bonds is 3. The fraction of sp³-hybridized carbons (Fsp3) is 0.625. The summed E-state index contributed by atoms with van der Waals surface area (Å²) in [6, 6.07) is 7.01. The van der Waals surface area contributed by atoms with Gasteiger partial charge in [-0.1, -0.05) is 20.8 Å². The van der Waals surface area contributed by atoms with Crippen LogP contribution in [0.15, 0.2) is 29.2 Å². The van der Waals surface area contributed by atoms with Gasteiger partial charge in [0.15, 0.2) is 0 Å². The molecule has 3 atom stereocenters. The van der Waals surface area contributed by atoms with Gasteiger partial charge < -0.3 is 5.73 Å². The molecule has 21 heavy (non-hydrogen) atoms. The van der Waals surface area contributed by atoms with E-state index in [1.807, 2.05) is 12.1 Å². The number of non-ortho nitro benzene ring substituents is 1. The van der Waals surface area contributed by atoms with Crippen molar-refractivity contribution in [3.8, 4) is 0 Å². The average molecular weight is 308 g/mol. The third-order valence-electron chi connectivity index (χ3n) is 4.40. The zero-order valence-corrected chi connectivity index (χ0v) is 13.7. The number of nitrogens with zero attached hydrogens (tertiary/aromatic N) is 1. The van der Waals surface area contributed by atoms with E-state index in [2.05, 4.69) is 20.8 Å². The highest BCUT2D eigenvalue weighted by atomic mass is 32.2. The Labute approximate surface area is 130 Å². The molecule has 0 aliphatic heterocycles. The van der Waals surface area contributed by atoms with Crippen molar-refractivity contribution in [3.05, 3.63) is 34.4 Å². The van der Waals surface area contributed by atoms with Crippen molar-refractivity contribution >= 4 is 17.4 Å². The highest BCUT2D eigenvalue weighted by Gasteiger charge is 2.34. The van der Waals surface area contributed by atoms with Crippen molar-refractivity contribution < 1.29 is 4.92 Å². The average Bonchev–Trinajstić information content (AvgIpc) is 2.40. The number of nitro benzene ring substituents is 1. The van der Waals surface area contributed by atoms with Crippen LogP contribution in [0.25, 0.3) is 0 Å². The van der Waals surface area contributed by atoms with Gasteiger partial charge in [0.1, 0.15) is 0 Å². The van der Waals surface area contributed by atoms with E-state index in [1.54, 1.807) is 23.9 Å². The molecule has 1 aromatic carbocycles. The van der Waals surface area contributed by atoms with Gasteiger partial charge in [0.05, 0.1) is 4.92 Å². The highest BCUT2D eigenvalue weighted by Crippen LogP contribution is 2.42. The maximum absolute atomic E-state index is 10.7. The van der Waals surface area contributed by atoms with Crippen LogP contribution in [0.2, 0.25) is 0 Å². The summed E-state index contributed by atoms with van der Waals surface area (Å²) in [5.74, 6) is 0.688. The molecule has 1 aliphatic rings. The second kappa shape index (κ2) is 6.36. The molecule has 1 saturated carbocycles. The Morgan fingerprint density at radius 3 is 2.38 bits per heavy atom. The first-order chi connectivity index (χ1) is 9.77. The Balaban J connectivity index is 2.04. The van der Waals surface area contributed by atoms with Gasteiger partial charge in [0.25, 0.3) is 5.69 Å². The molecule has 1 fully saturated rings. The van der Waals surface area contributed by atoms with Crippen LogP contribution >= 0.6 is 11.8 Å². The van der Waals surface area contributed by atoms with Crippen molar-refractivity contribution in [2.75, 3.05) is 0 Å². The van der Waals surface area contributed by atoms with Crippen molar-refractivity contribution in [2.24, 2.45) is 17.1 Å². The third kappa shape index (κ3) is 4.20. The van der Waals surface area contributed by atoms with E-state index < -0.39 is 0 Å². The zero-order chi connectivity index (χ0) is 15.6. The molecule has 1 aromatic rings. The van der Waals surface area contributed by atoms with Crippen LogP contribution in [0.4, 0.5) is 5.69 Å². The molecular weight excluding hydrogens is 284 g/mol. The predicted molar refractivity (Wildman–Crippen MR) is 87.5 cm³/mol. The Morgan fingerprint density at radius 1 is 1.24 bits per heavy atom. The lowest BCUT2D eigenvalue weighted by atomic mass is 9.71. The fourth-order valence-corrected chi connectivity index (χ4v) is 4.18. The quantitative estimate of drug-likeness (QED) is 0.670. The molecule has 0 amide bonds. The zero-order valence-electron chi connectivity index (χ0n) is 12.9. The lowest BCUT2D eigenvalue weighted by molar-refractivity contribution is -0.384. The van der Waals surface area contributed by atoms with E-state index >= 15 is 0 Å². The SMILES string of the molecule is CC(C)(C)C1CCC(N)C(Sc2ccc([N+](=O)[O-])cc2)C1. The number of nitrogens with two attached hydrogens (primary N) is 1. The maximum Gasteiger partial charge on any atom is 0.269 e. The van der Waals surface area contributed by atoms with Gasteiger partial charge in [-0.2, -0.15) is 0 Å². The van der Waals surface area contributed by atoms with Gasteiger partial charge in [0, 0.05) is 28.3 Å². The summed E-state index contributed by atoms with van der Waals surface area (Å²) in [4.78, 5) is 11.4. The Kier molecular flexibility index (Phi) is 4.94. The summed E-state index contributed by atoms with van der Waals surface area (Å²) >= 11 is 1.77. The van der Waals surface area contributed by atoms with Crippen LogP contribution in [-0.4, -0.2) is 16.2 Å². The van der Waals surface area contributed by atoms with Crippen LogP contribution < -0.4 is 5.73 Å². The molecule has 0 aromatic heterocycles. The van der Waals surface area contributed by atoms with Crippen LogP contribution in [0.5, 0.6) is 0 Å². The number of hydrogen-bond donors (Lipinski definition) is 1. The van der Waals surface area contributed by atoms with Crippen molar-refractivity contribution in [2.45, 2.75) is 56.2 Å². The van der Waals surface area contributed by atoms with E-state index in [0.717, 1.165) is 17.7 Å². The number of hydrogen-bond acceptors (Lipinski definition) is 4. The van der Waals surface area contributed by atoms with Crippen LogP contribution in [0, 0.1) is 21.4 Å². The molecule has 3 unspecified atom stereocenters. The molecule has 2 rings (SSSR count). The molecule has 2 N–H and O–H groups in total. The lowest BCUT2D eigenvalue weighted by Crippen LogP contribution is -2.41. The first kappa shape index (κ1) is 16.3. The van der Waals surface area contributed by atoms with Crippen LogP contribution in [-0.2, 0) is 0 Å². The van der Waals surface area contributed by atoms with E-state index in [0.29, 0.717) is 16.6 Å². The molecule has 5 heteroatoms. The second-order valence-electron chi connectivity index (χ2n) is 6.95. The standard InChI is InChI=1S/C16H24N2O2S/c1-16(2,3)11-4-9-14(17)15(10-11)21-13-7-5-12(6-8-13)18(19)20/h5-8,11,14-15H,4,9-10,17H2,1-3H3. The fourth-order valence-electron chi connectivity index (χ4n) is 2.90. The lowest BCUT2D eigenvalue weighted by Gasteiger charge is -2.40. The van der Waals surface area contributed by atoms with Gasteiger partial charge in [0.2, 0.25) is 0 Å². The first-order valence-corrected chi connectivity index (χ1v) is 8.32. The second-order valence-corrected chi connectivity index (χ2v) is 8.26. The minimum absolute atomic E-state index is 0.139. The number of nitro groups is 1. The van der Waals surface area contributed by atoms with Gasteiger partial charge in [-0.15, -0.1) is 11.8 Å². The van der Waals surface area contributed by atoms with E-state index in [1.165, 1.54) is 6.42 Å². The molecule has 116 valence electrons. The normalized spacial score (nSPS) is 26.6. The summed E-state index contributed by atoms with van der Waals surface area (Å²) in [6.07, 6.45) is 3.38. The maximum atomic E-state index is 10.7. The highest BCUT2D eigenvalue weighted by molar-refractivity contribution is 8.00. The first-order valence-electron chi connectivity index (χ1n) is 7.44. The topological polar surface area (TPSA) is 69.2 Å². The van der Waals surface area contributed by atoms with Crippen molar-refractivity contribution in [1.82, 2.24) is 0 Å². The number of thioether (sulfide) groups is 1. The summed E-state index contributed by atoms with van der Waals surface area (Å²) in [5, 5.41) is 11.1. The monoisotopic (exact) mass is 308 g/mol.